The molecule has 1 N–H and O–H groups in total. The summed E-state index contributed by atoms with van der Waals surface area (Å²) in [7, 11) is -3.36. The molecule has 2 fully saturated rings. The number of hydrogen-bond donors (Lipinski definition) is 1. The summed E-state index contributed by atoms with van der Waals surface area (Å²) in [6.45, 7) is 5.72. The fraction of sp³-hybridized carbons (Fsp3) is 0.667. The lowest BCUT2D eigenvalue weighted by Crippen LogP contribution is -2.43. The normalized spacial score (nSPS) is 26.8. The van der Waals surface area contributed by atoms with E-state index < -0.39 is 10.0 Å². The molecule has 1 amide bonds. The van der Waals surface area contributed by atoms with Crippen LogP contribution >= 0.6 is 0 Å². The first-order valence-electron chi connectivity index (χ1n) is 10.3. The Morgan fingerprint density at radius 1 is 1.07 bits per heavy atom. The average molecular weight is 393 g/mol. The van der Waals surface area contributed by atoms with Crippen molar-refractivity contribution in [2.75, 3.05) is 13.1 Å². The Morgan fingerprint density at radius 3 is 2.41 bits per heavy atom. The number of rotatable bonds is 6. The SMILES string of the molecule is CC1CCCC(NC(=O)CCc2ccc(S(=O)(=O)N3CCCC3)cc2)C1C. The number of carbonyl (C=O) groups excluding carboxylic acids is 1. The number of benzene rings is 1. The summed E-state index contributed by atoms with van der Waals surface area (Å²) in [6, 6.07) is 7.30. The standard InChI is InChI=1S/C21H32N2O3S/c1-16-6-5-7-20(17(16)2)22-21(24)13-10-18-8-11-19(12-9-18)27(25,26)23-14-3-4-15-23/h8-9,11-12,16-17,20H,3-7,10,13-15H2,1-2H3,(H,22,24). The summed E-state index contributed by atoms with van der Waals surface area (Å²) in [6.07, 6.45) is 6.45. The van der Waals surface area contributed by atoms with Crippen molar-refractivity contribution in [2.24, 2.45) is 11.8 Å². The van der Waals surface area contributed by atoms with Gasteiger partial charge in [-0.2, -0.15) is 4.31 Å². The molecule has 0 spiro atoms. The molecular weight excluding hydrogens is 360 g/mol. The second-order valence-corrected chi connectivity index (χ2v) is 10.1. The van der Waals surface area contributed by atoms with Gasteiger partial charge in [-0.25, -0.2) is 8.42 Å². The van der Waals surface area contributed by atoms with Crippen molar-refractivity contribution in [3.8, 4) is 0 Å². The van der Waals surface area contributed by atoms with Crippen LogP contribution in [0.3, 0.4) is 0 Å². The van der Waals surface area contributed by atoms with E-state index in [1.807, 2.05) is 12.1 Å². The van der Waals surface area contributed by atoms with Crippen molar-refractivity contribution < 1.29 is 13.2 Å². The van der Waals surface area contributed by atoms with Gasteiger partial charge in [0, 0.05) is 25.6 Å². The molecule has 1 aromatic carbocycles. The zero-order valence-corrected chi connectivity index (χ0v) is 17.3. The van der Waals surface area contributed by atoms with Gasteiger partial charge in [0.2, 0.25) is 15.9 Å². The number of sulfonamides is 1. The van der Waals surface area contributed by atoms with E-state index in [4.69, 9.17) is 0 Å². The first-order chi connectivity index (χ1) is 12.9. The smallest absolute Gasteiger partial charge is 0.243 e. The zero-order valence-electron chi connectivity index (χ0n) is 16.5. The van der Waals surface area contributed by atoms with Crippen molar-refractivity contribution in [2.45, 2.75) is 69.7 Å². The van der Waals surface area contributed by atoms with E-state index in [1.165, 1.54) is 12.8 Å². The van der Waals surface area contributed by atoms with Crippen molar-refractivity contribution in [3.63, 3.8) is 0 Å². The van der Waals surface area contributed by atoms with Gasteiger partial charge < -0.3 is 5.32 Å². The minimum Gasteiger partial charge on any atom is -0.353 e. The van der Waals surface area contributed by atoms with Gasteiger partial charge in [-0.3, -0.25) is 4.79 Å². The summed E-state index contributed by atoms with van der Waals surface area (Å²) in [5, 5.41) is 3.20. The molecule has 0 aromatic heterocycles. The fourth-order valence-electron chi connectivity index (χ4n) is 4.23. The maximum atomic E-state index is 12.6. The lowest BCUT2D eigenvalue weighted by molar-refractivity contribution is -0.122. The average Bonchev–Trinajstić information content (AvgIpc) is 3.20. The first kappa shape index (κ1) is 20.3. The van der Waals surface area contributed by atoms with Gasteiger partial charge >= 0.3 is 0 Å². The minimum absolute atomic E-state index is 0.0923. The van der Waals surface area contributed by atoms with Gasteiger partial charge in [-0.15, -0.1) is 0 Å². The molecule has 1 saturated carbocycles. The van der Waals surface area contributed by atoms with Crippen molar-refractivity contribution in [1.82, 2.24) is 9.62 Å². The van der Waals surface area contributed by atoms with E-state index in [9.17, 15) is 13.2 Å². The van der Waals surface area contributed by atoms with E-state index in [2.05, 4.69) is 19.2 Å². The third-order valence-corrected chi connectivity index (χ3v) is 8.23. The molecule has 0 bridgehead atoms. The highest BCUT2D eigenvalue weighted by Crippen LogP contribution is 2.29. The maximum Gasteiger partial charge on any atom is 0.243 e. The van der Waals surface area contributed by atoms with Crippen LogP contribution in [0, 0.1) is 11.8 Å². The van der Waals surface area contributed by atoms with Crippen LogP contribution in [0.2, 0.25) is 0 Å². The van der Waals surface area contributed by atoms with Crippen molar-refractivity contribution in [1.29, 1.82) is 0 Å². The summed E-state index contributed by atoms with van der Waals surface area (Å²) < 4.78 is 26.7. The van der Waals surface area contributed by atoms with Crippen molar-refractivity contribution in [3.05, 3.63) is 29.8 Å². The summed E-state index contributed by atoms with van der Waals surface area (Å²) in [5.74, 6) is 1.28. The van der Waals surface area contributed by atoms with E-state index in [1.54, 1.807) is 16.4 Å². The molecule has 2 aliphatic rings. The Morgan fingerprint density at radius 2 is 1.74 bits per heavy atom. The van der Waals surface area contributed by atoms with Crippen molar-refractivity contribution >= 4 is 15.9 Å². The minimum atomic E-state index is -3.36. The van der Waals surface area contributed by atoms with Gasteiger partial charge in [0.25, 0.3) is 0 Å². The molecule has 6 heteroatoms. The highest BCUT2D eigenvalue weighted by Gasteiger charge is 2.28. The number of carbonyl (C=O) groups is 1. The molecule has 5 nitrogen and oxygen atoms in total. The van der Waals surface area contributed by atoms with Crippen LogP contribution in [0.1, 0.15) is 57.9 Å². The van der Waals surface area contributed by atoms with E-state index in [-0.39, 0.29) is 11.9 Å². The first-order valence-corrected chi connectivity index (χ1v) is 11.7. The quantitative estimate of drug-likeness (QED) is 0.807. The lowest BCUT2D eigenvalue weighted by Gasteiger charge is -2.34. The Bertz CT molecular complexity index is 739. The molecule has 1 saturated heterocycles. The van der Waals surface area contributed by atoms with Crippen LogP contribution in [-0.4, -0.2) is 37.8 Å². The van der Waals surface area contributed by atoms with Crippen LogP contribution < -0.4 is 5.32 Å². The van der Waals surface area contributed by atoms with Crippen LogP contribution in [0.5, 0.6) is 0 Å². The predicted octanol–water partition coefficient (Wildman–Crippen LogP) is 3.34. The largest absolute Gasteiger partial charge is 0.353 e. The maximum absolute atomic E-state index is 12.6. The molecule has 0 radical (unpaired) electrons. The lowest BCUT2D eigenvalue weighted by atomic mass is 9.78. The summed E-state index contributed by atoms with van der Waals surface area (Å²) >= 11 is 0. The number of aryl methyl sites for hydroxylation is 1. The molecule has 1 aromatic rings. The van der Waals surface area contributed by atoms with Crippen LogP contribution in [0.15, 0.2) is 29.2 Å². The van der Waals surface area contributed by atoms with Gasteiger partial charge in [0.1, 0.15) is 0 Å². The Balaban J connectivity index is 1.52. The third-order valence-electron chi connectivity index (χ3n) is 6.32. The molecule has 1 heterocycles. The van der Waals surface area contributed by atoms with Gasteiger partial charge in [-0.1, -0.05) is 38.8 Å². The number of hydrogen-bond acceptors (Lipinski definition) is 3. The van der Waals surface area contributed by atoms with Crippen LogP contribution in [0.4, 0.5) is 0 Å². The van der Waals surface area contributed by atoms with E-state index >= 15 is 0 Å². The Hall–Kier alpha value is -1.40. The molecule has 150 valence electrons. The highest BCUT2D eigenvalue weighted by molar-refractivity contribution is 7.89. The molecule has 3 unspecified atom stereocenters. The van der Waals surface area contributed by atoms with Crippen LogP contribution in [-0.2, 0) is 21.2 Å². The van der Waals surface area contributed by atoms with E-state index in [0.29, 0.717) is 42.7 Å². The van der Waals surface area contributed by atoms with Gasteiger partial charge in [0.05, 0.1) is 4.90 Å². The Kier molecular flexibility index (Phi) is 6.58. The number of nitrogens with one attached hydrogen (secondary N) is 1. The molecule has 1 aliphatic heterocycles. The molecule has 27 heavy (non-hydrogen) atoms. The van der Waals surface area contributed by atoms with Gasteiger partial charge in [0.15, 0.2) is 0 Å². The van der Waals surface area contributed by atoms with E-state index in [0.717, 1.165) is 24.8 Å². The highest BCUT2D eigenvalue weighted by atomic mass is 32.2. The van der Waals surface area contributed by atoms with Crippen LogP contribution in [0.25, 0.3) is 0 Å². The topological polar surface area (TPSA) is 66.5 Å². The summed E-state index contributed by atoms with van der Waals surface area (Å²) in [5.41, 5.74) is 0.996. The van der Waals surface area contributed by atoms with Gasteiger partial charge in [-0.05, 0) is 55.2 Å². The molecule has 3 rings (SSSR count). The molecule has 3 atom stereocenters. The zero-order chi connectivity index (χ0) is 19.4. The number of amides is 1. The molecule has 1 aliphatic carbocycles. The predicted molar refractivity (Wildman–Crippen MR) is 107 cm³/mol. The number of nitrogens with zero attached hydrogens (tertiary/aromatic N) is 1. The molecular formula is C21H32N2O3S. The Labute approximate surface area is 163 Å². The third kappa shape index (κ3) is 4.91. The summed E-state index contributed by atoms with van der Waals surface area (Å²) in [4.78, 5) is 12.7. The fourth-order valence-corrected chi connectivity index (χ4v) is 5.75. The monoisotopic (exact) mass is 392 g/mol. The second kappa shape index (κ2) is 8.74. The second-order valence-electron chi connectivity index (χ2n) is 8.20.